The zero-order chi connectivity index (χ0) is 22.6. The van der Waals surface area contributed by atoms with Gasteiger partial charge < -0.3 is 19.0 Å². The van der Waals surface area contributed by atoms with Crippen molar-refractivity contribution in [2.75, 3.05) is 13.2 Å². The van der Waals surface area contributed by atoms with E-state index in [1.807, 2.05) is 18.2 Å². The van der Waals surface area contributed by atoms with Crippen LogP contribution in [-0.4, -0.2) is 43.9 Å². The first-order chi connectivity index (χ1) is 13.9. The molecule has 0 spiro atoms. The Bertz CT molecular complexity index is 655. The number of rotatable bonds is 10. The minimum absolute atomic E-state index is 0.111. The summed E-state index contributed by atoms with van der Waals surface area (Å²) in [6, 6.07) is 10.3. The highest BCUT2D eigenvalue weighted by atomic mass is 28.4. The lowest BCUT2D eigenvalue weighted by molar-refractivity contribution is -0.176. The fraction of sp³-hybridized carbons (Fsp3) is 0.760. The Hall–Kier alpha value is -0.723. The topological polar surface area (TPSA) is 47.9 Å². The van der Waals surface area contributed by atoms with E-state index in [2.05, 4.69) is 66.8 Å². The quantitative estimate of drug-likeness (QED) is 0.461. The average molecular weight is 437 g/mol. The molecular weight excluding hydrogens is 392 g/mol. The summed E-state index contributed by atoms with van der Waals surface area (Å²) in [5.41, 5.74) is 0.446. The van der Waals surface area contributed by atoms with Crippen molar-refractivity contribution in [1.82, 2.24) is 0 Å². The molecule has 5 heteroatoms. The Balaban J connectivity index is 2.21. The second-order valence-corrected chi connectivity index (χ2v) is 15.7. The summed E-state index contributed by atoms with van der Waals surface area (Å²) in [7, 11) is -2.01. The Morgan fingerprint density at radius 3 is 2.30 bits per heavy atom. The lowest BCUT2D eigenvalue weighted by Crippen LogP contribution is -2.54. The number of hydrogen-bond donors (Lipinski definition) is 1. The van der Waals surface area contributed by atoms with E-state index in [1.165, 1.54) is 0 Å². The van der Waals surface area contributed by atoms with Gasteiger partial charge in [0, 0.05) is 6.61 Å². The molecular formula is C25H44O4Si. The lowest BCUT2D eigenvalue weighted by Gasteiger charge is -2.45. The normalized spacial score (nSPS) is 26.3. The number of aliphatic hydroxyl groups is 1. The van der Waals surface area contributed by atoms with E-state index < -0.39 is 13.9 Å². The SMILES string of the molecule is CC(C)[C@]1(CCO)CC[C@](C)([C@H](COCc2ccccc2)O[Si](C)(C)C(C)(C)C)O1. The third-order valence-electron chi connectivity index (χ3n) is 7.37. The summed E-state index contributed by atoms with van der Waals surface area (Å²) in [6.45, 7) is 19.2. The van der Waals surface area contributed by atoms with Crippen LogP contribution >= 0.6 is 0 Å². The van der Waals surface area contributed by atoms with Gasteiger partial charge in [-0.25, -0.2) is 0 Å². The summed E-state index contributed by atoms with van der Waals surface area (Å²) >= 11 is 0. The van der Waals surface area contributed by atoms with Crippen molar-refractivity contribution < 1.29 is 19.0 Å². The lowest BCUT2D eigenvalue weighted by atomic mass is 9.84. The Labute approximate surface area is 185 Å². The zero-order valence-electron chi connectivity index (χ0n) is 20.5. The van der Waals surface area contributed by atoms with Crippen molar-refractivity contribution in [2.24, 2.45) is 5.92 Å². The summed E-state index contributed by atoms with van der Waals surface area (Å²) in [6.07, 6.45) is 2.39. The maximum absolute atomic E-state index is 9.68. The van der Waals surface area contributed by atoms with Gasteiger partial charge in [-0.1, -0.05) is 65.0 Å². The average Bonchev–Trinajstić information content (AvgIpc) is 3.00. The van der Waals surface area contributed by atoms with Crippen LogP contribution in [0.25, 0.3) is 0 Å². The van der Waals surface area contributed by atoms with Gasteiger partial charge in [0.15, 0.2) is 8.32 Å². The van der Waals surface area contributed by atoms with Crippen molar-refractivity contribution in [3.8, 4) is 0 Å². The molecule has 1 aromatic rings. The van der Waals surface area contributed by atoms with Crippen LogP contribution in [-0.2, 0) is 20.5 Å². The van der Waals surface area contributed by atoms with Crippen molar-refractivity contribution >= 4 is 8.32 Å². The van der Waals surface area contributed by atoms with Gasteiger partial charge in [-0.15, -0.1) is 0 Å². The minimum Gasteiger partial charge on any atom is -0.409 e. The molecule has 1 aromatic carbocycles. The molecule has 4 nitrogen and oxygen atoms in total. The minimum atomic E-state index is -2.01. The Kier molecular flexibility index (Phi) is 8.36. The Morgan fingerprint density at radius 2 is 1.77 bits per heavy atom. The molecule has 1 fully saturated rings. The molecule has 1 heterocycles. The fourth-order valence-electron chi connectivity index (χ4n) is 4.04. The first-order valence-corrected chi connectivity index (χ1v) is 14.4. The van der Waals surface area contributed by atoms with Crippen LogP contribution in [0.3, 0.4) is 0 Å². The molecule has 1 N–H and O–H groups in total. The third-order valence-corrected chi connectivity index (χ3v) is 11.9. The predicted molar refractivity (Wildman–Crippen MR) is 126 cm³/mol. The molecule has 0 saturated carbocycles. The monoisotopic (exact) mass is 436 g/mol. The molecule has 30 heavy (non-hydrogen) atoms. The van der Waals surface area contributed by atoms with Gasteiger partial charge in [-0.2, -0.15) is 0 Å². The number of benzene rings is 1. The highest BCUT2D eigenvalue weighted by Gasteiger charge is 2.54. The van der Waals surface area contributed by atoms with Crippen LogP contribution in [0.2, 0.25) is 18.1 Å². The molecule has 1 saturated heterocycles. The van der Waals surface area contributed by atoms with E-state index in [0.29, 0.717) is 25.6 Å². The molecule has 1 aliphatic rings. The summed E-state index contributed by atoms with van der Waals surface area (Å²) in [4.78, 5) is 0. The van der Waals surface area contributed by atoms with Gasteiger partial charge in [0.2, 0.25) is 0 Å². The van der Waals surface area contributed by atoms with Crippen molar-refractivity contribution in [3.05, 3.63) is 35.9 Å². The van der Waals surface area contributed by atoms with Crippen LogP contribution in [0.5, 0.6) is 0 Å². The van der Waals surface area contributed by atoms with Crippen LogP contribution in [0.1, 0.15) is 66.4 Å². The predicted octanol–water partition coefficient (Wildman–Crippen LogP) is 5.94. The van der Waals surface area contributed by atoms with Gasteiger partial charge in [0.25, 0.3) is 0 Å². The van der Waals surface area contributed by atoms with Crippen molar-refractivity contribution in [2.45, 2.75) is 103 Å². The highest BCUT2D eigenvalue weighted by Crippen LogP contribution is 2.48. The number of ether oxygens (including phenoxy) is 2. The van der Waals surface area contributed by atoms with E-state index in [0.717, 1.165) is 18.4 Å². The van der Waals surface area contributed by atoms with E-state index in [-0.39, 0.29) is 23.4 Å². The maximum Gasteiger partial charge on any atom is 0.192 e. The van der Waals surface area contributed by atoms with Crippen molar-refractivity contribution in [1.29, 1.82) is 0 Å². The van der Waals surface area contributed by atoms with E-state index >= 15 is 0 Å². The first kappa shape index (κ1) is 25.5. The van der Waals surface area contributed by atoms with Crippen molar-refractivity contribution in [3.63, 3.8) is 0 Å². The van der Waals surface area contributed by atoms with Crippen LogP contribution in [0.4, 0.5) is 0 Å². The van der Waals surface area contributed by atoms with Crippen LogP contribution in [0, 0.1) is 5.92 Å². The largest absolute Gasteiger partial charge is 0.409 e. The van der Waals surface area contributed by atoms with Crippen LogP contribution < -0.4 is 0 Å². The van der Waals surface area contributed by atoms with Gasteiger partial charge >= 0.3 is 0 Å². The molecule has 0 aromatic heterocycles. The molecule has 1 aliphatic heterocycles. The van der Waals surface area contributed by atoms with Crippen LogP contribution in [0.15, 0.2) is 30.3 Å². The second kappa shape index (κ2) is 9.82. The highest BCUT2D eigenvalue weighted by molar-refractivity contribution is 6.74. The second-order valence-electron chi connectivity index (χ2n) is 11.0. The molecule has 2 rings (SSSR count). The molecule has 0 radical (unpaired) electrons. The zero-order valence-corrected chi connectivity index (χ0v) is 21.5. The molecule has 0 bridgehead atoms. The number of hydrogen-bond acceptors (Lipinski definition) is 4. The molecule has 0 amide bonds. The standard InChI is InChI=1S/C25H44O4Si/c1-20(2)25(16-17-26)15-14-24(6,29-25)22(28-30(7,8)23(3,4)5)19-27-18-21-12-10-9-11-13-21/h9-13,20,22,26H,14-19H2,1-8H3/t22-,24+,25+/m0/s1. The molecule has 3 atom stereocenters. The first-order valence-electron chi connectivity index (χ1n) is 11.5. The fourth-order valence-corrected chi connectivity index (χ4v) is 5.42. The summed E-state index contributed by atoms with van der Waals surface area (Å²) in [5.74, 6) is 0.338. The Morgan fingerprint density at radius 1 is 1.13 bits per heavy atom. The van der Waals surface area contributed by atoms with Gasteiger partial charge in [-0.05, 0) is 55.8 Å². The van der Waals surface area contributed by atoms with E-state index in [4.69, 9.17) is 13.9 Å². The smallest absolute Gasteiger partial charge is 0.192 e. The molecule has 0 unspecified atom stereocenters. The third kappa shape index (κ3) is 5.95. The molecule has 172 valence electrons. The molecule has 0 aliphatic carbocycles. The summed E-state index contributed by atoms with van der Waals surface area (Å²) in [5, 5.41) is 9.79. The van der Waals surface area contributed by atoms with Gasteiger partial charge in [0.05, 0.1) is 30.5 Å². The van der Waals surface area contributed by atoms with E-state index in [9.17, 15) is 5.11 Å². The maximum atomic E-state index is 9.68. The van der Waals surface area contributed by atoms with Gasteiger partial charge in [-0.3, -0.25) is 0 Å². The summed E-state index contributed by atoms with van der Waals surface area (Å²) < 4.78 is 19.9. The number of aliphatic hydroxyl groups excluding tert-OH is 1. The van der Waals surface area contributed by atoms with E-state index in [1.54, 1.807) is 0 Å². The van der Waals surface area contributed by atoms with Gasteiger partial charge in [0.1, 0.15) is 0 Å².